The lowest BCUT2D eigenvalue weighted by Crippen LogP contribution is -2.47. The molecule has 1 saturated heterocycles. The van der Waals surface area contributed by atoms with E-state index in [9.17, 15) is 9.90 Å². The van der Waals surface area contributed by atoms with Crippen LogP contribution in [0.4, 0.5) is 5.82 Å². The predicted molar refractivity (Wildman–Crippen MR) is 106 cm³/mol. The first-order valence-electron chi connectivity index (χ1n) is 9.95. The lowest BCUT2D eigenvalue weighted by atomic mass is 9.77. The van der Waals surface area contributed by atoms with Gasteiger partial charge in [-0.15, -0.1) is 0 Å². The monoisotopic (exact) mass is 375 g/mol. The molecule has 0 atom stereocenters. The number of aryl methyl sites for hydroxylation is 1. The molecule has 2 heterocycles. The molecule has 0 radical (unpaired) electrons. The Balaban J connectivity index is 1.83. The van der Waals surface area contributed by atoms with Crippen LogP contribution in [0.1, 0.15) is 68.1 Å². The number of amides is 1. The van der Waals surface area contributed by atoms with Gasteiger partial charge in [-0.25, -0.2) is 4.98 Å². The third-order valence-corrected chi connectivity index (χ3v) is 6.10. The fourth-order valence-corrected chi connectivity index (χ4v) is 3.19. The van der Waals surface area contributed by atoms with Gasteiger partial charge in [-0.1, -0.05) is 13.8 Å². The topological polar surface area (TPSA) is 74.7 Å². The first-order chi connectivity index (χ1) is 12.6. The van der Waals surface area contributed by atoms with Gasteiger partial charge in [0, 0.05) is 31.0 Å². The van der Waals surface area contributed by atoms with Gasteiger partial charge in [0.25, 0.3) is 5.91 Å². The summed E-state index contributed by atoms with van der Waals surface area (Å²) in [6.45, 7) is 13.0. The maximum atomic E-state index is 13.0. The Bertz CT molecular complexity index is 699. The number of anilines is 1. The van der Waals surface area contributed by atoms with Crippen molar-refractivity contribution in [3.63, 3.8) is 0 Å². The van der Waals surface area contributed by atoms with Gasteiger partial charge in [-0.3, -0.25) is 4.79 Å². The number of carbonyl (C=O) groups is 1. The molecule has 1 aromatic heterocycles. The van der Waals surface area contributed by atoms with Crippen LogP contribution >= 0.6 is 0 Å². The molecule has 3 rings (SSSR count). The average molecular weight is 376 g/mol. The lowest BCUT2D eigenvalue weighted by Gasteiger charge is -2.37. The number of hydrogen-bond donors (Lipinski definition) is 2. The quantitative estimate of drug-likeness (QED) is 0.799. The summed E-state index contributed by atoms with van der Waals surface area (Å²) >= 11 is 0. The van der Waals surface area contributed by atoms with Gasteiger partial charge >= 0.3 is 0 Å². The van der Waals surface area contributed by atoms with E-state index in [0.29, 0.717) is 31.2 Å². The van der Waals surface area contributed by atoms with E-state index >= 15 is 0 Å². The van der Waals surface area contributed by atoms with E-state index in [1.54, 1.807) is 13.8 Å². The summed E-state index contributed by atoms with van der Waals surface area (Å²) in [6, 6.07) is 2.02. The largest absolute Gasteiger partial charge is 0.390 e. The Labute approximate surface area is 162 Å². The van der Waals surface area contributed by atoms with E-state index in [0.717, 1.165) is 43.0 Å². The lowest BCUT2D eigenvalue weighted by molar-refractivity contribution is -0.0327. The van der Waals surface area contributed by atoms with Gasteiger partial charge in [-0.2, -0.15) is 0 Å². The molecular formula is C21H33N3O3. The first kappa shape index (κ1) is 20.1. The minimum absolute atomic E-state index is 0.0900. The van der Waals surface area contributed by atoms with Crippen LogP contribution in [0.3, 0.4) is 0 Å². The van der Waals surface area contributed by atoms with E-state index < -0.39 is 11.0 Å². The molecule has 2 aliphatic rings. The molecule has 0 spiro atoms. The van der Waals surface area contributed by atoms with Gasteiger partial charge in [-0.05, 0) is 45.2 Å². The van der Waals surface area contributed by atoms with E-state index in [2.05, 4.69) is 10.2 Å². The molecular weight excluding hydrogens is 342 g/mol. The number of aromatic nitrogens is 1. The molecule has 150 valence electrons. The maximum Gasteiger partial charge on any atom is 0.253 e. The van der Waals surface area contributed by atoms with E-state index in [1.807, 2.05) is 26.8 Å². The Morgan fingerprint density at radius 1 is 1.30 bits per heavy atom. The number of pyridine rings is 1. The highest BCUT2D eigenvalue weighted by Gasteiger charge is 2.36. The molecule has 1 saturated carbocycles. The summed E-state index contributed by atoms with van der Waals surface area (Å²) in [5, 5.41) is 13.4. The molecule has 1 aromatic rings. The first-order valence-corrected chi connectivity index (χ1v) is 9.95. The number of nitrogens with one attached hydrogen (secondary N) is 1. The van der Waals surface area contributed by atoms with Crippen molar-refractivity contribution < 1.29 is 14.6 Å². The highest BCUT2D eigenvalue weighted by atomic mass is 16.5. The van der Waals surface area contributed by atoms with E-state index in [1.165, 1.54) is 0 Å². The third kappa shape index (κ3) is 4.43. The summed E-state index contributed by atoms with van der Waals surface area (Å²) in [5.74, 6) is 1.24. The average Bonchev–Trinajstić information content (AvgIpc) is 3.44. The fourth-order valence-electron chi connectivity index (χ4n) is 3.19. The normalized spacial score (nSPS) is 18.5. The van der Waals surface area contributed by atoms with Crippen LogP contribution < -0.4 is 10.2 Å². The molecule has 6 heteroatoms. The molecule has 27 heavy (non-hydrogen) atoms. The van der Waals surface area contributed by atoms with Crippen molar-refractivity contribution in [1.29, 1.82) is 0 Å². The number of ether oxygens (including phenoxy) is 1. The minimum Gasteiger partial charge on any atom is -0.390 e. The number of hydrogen-bond acceptors (Lipinski definition) is 5. The van der Waals surface area contributed by atoms with Crippen molar-refractivity contribution in [2.45, 2.75) is 59.0 Å². The molecule has 1 aliphatic carbocycles. The van der Waals surface area contributed by atoms with Gasteiger partial charge in [0.15, 0.2) is 0 Å². The van der Waals surface area contributed by atoms with Crippen molar-refractivity contribution in [3.8, 4) is 0 Å². The van der Waals surface area contributed by atoms with Crippen LogP contribution in [0.2, 0.25) is 0 Å². The van der Waals surface area contributed by atoms with E-state index in [-0.39, 0.29) is 5.91 Å². The highest BCUT2D eigenvalue weighted by Crippen LogP contribution is 2.42. The van der Waals surface area contributed by atoms with Crippen LogP contribution in [-0.2, 0) is 4.74 Å². The SMILES string of the molecule is Cc1cc(N2CCOCC2)nc(C2CC2)c1C(=O)NCC(C)(C)C(C)(C)O. The molecule has 2 fully saturated rings. The van der Waals surface area contributed by atoms with E-state index in [4.69, 9.17) is 9.72 Å². The highest BCUT2D eigenvalue weighted by molar-refractivity contribution is 5.97. The fraction of sp³-hybridized carbons (Fsp3) is 0.714. The van der Waals surface area contributed by atoms with Gasteiger partial charge < -0.3 is 20.1 Å². The number of carbonyl (C=O) groups excluding carboxylic acids is 1. The molecule has 1 aliphatic heterocycles. The number of rotatable bonds is 6. The molecule has 6 nitrogen and oxygen atoms in total. The Hall–Kier alpha value is -1.66. The zero-order chi connectivity index (χ0) is 19.8. The standard InChI is InChI=1S/C21H33N3O3/c1-14-12-16(24-8-10-27-11-9-24)23-18(15-6-7-15)17(14)19(25)22-13-20(2,3)21(4,5)26/h12,15,26H,6-11,13H2,1-5H3,(H,22,25). The number of aliphatic hydroxyl groups is 1. The number of nitrogens with zero attached hydrogens (tertiary/aromatic N) is 2. The van der Waals surface area contributed by atoms with Gasteiger partial charge in [0.2, 0.25) is 0 Å². The Morgan fingerprint density at radius 2 is 1.93 bits per heavy atom. The van der Waals surface area contributed by atoms with Crippen molar-refractivity contribution in [2.75, 3.05) is 37.7 Å². The maximum absolute atomic E-state index is 13.0. The minimum atomic E-state index is -0.882. The summed E-state index contributed by atoms with van der Waals surface area (Å²) in [4.78, 5) is 20.1. The van der Waals surface area contributed by atoms with Crippen molar-refractivity contribution in [3.05, 3.63) is 22.9 Å². The van der Waals surface area contributed by atoms with Gasteiger partial charge in [0.1, 0.15) is 5.82 Å². The van der Waals surface area contributed by atoms with Crippen LogP contribution in [0.25, 0.3) is 0 Å². The van der Waals surface area contributed by atoms with Crippen molar-refractivity contribution in [2.24, 2.45) is 5.41 Å². The molecule has 0 unspecified atom stereocenters. The smallest absolute Gasteiger partial charge is 0.253 e. The second-order valence-electron chi connectivity index (χ2n) is 9.06. The van der Waals surface area contributed by atoms with Crippen molar-refractivity contribution >= 4 is 11.7 Å². The summed E-state index contributed by atoms with van der Waals surface area (Å²) in [5.41, 5.74) is 1.29. The predicted octanol–water partition coefficient (Wildman–Crippen LogP) is 2.63. The molecule has 0 bridgehead atoms. The zero-order valence-corrected chi connectivity index (χ0v) is 17.3. The van der Waals surface area contributed by atoms with Crippen LogP contribution in [0.5, 0.6) is 0 Å². The molecule has 1 amide bonds. The Morgan fingerprint density at radius 3 is 2.48 bits per heavy atom. The van der Waals surface area contributed by atoms with Crippen LogP contribution in [0, 0.1) is 12.3 Å². The molecule has 0 aromatic carbocycles. The molecule has 2 N–H and O–H groups in total. The zero-order valence-electron chi connectivity index (χ0n) is 17.3. The summed E-state index contributed by atoms with van der Waals surface area (Å²) < 4.78 is 5.44. The van der Waals surface area contributed by atoms with Crippen LogP contribution in [0.15, 0.2) is 6.07 Å². The Kier molecular flexibility index (Phi) is 5.50. The summed E-state index contributed by atoms with van der Waals surface area (Å²) in [7, 11) is 0. The third-order valence-electron chi connectivity index (χ3n) is 6.10. The summed E-state index contributed by atoms with van der Waals surface area (Å²) in [6.07, 6.45) is 2.18. The van der Waals surface area contributed by atoms with Crippen LogP contribution in [-0.4, -0.2) is 54.4 Å². The number of morpholine rings is 1. The second kappa shape index (κ2) is 7.40. The van der Waals surface area contributed by atoms with Gasteiger partial charge in [0.05, 0.1) is 30.1 Å². The van der Waals surface area contributed by atoms with Crippen molar-refractivity contribution in [1.82, 2.24) is 10.3 Å². The second-order valence-corrected chi connectivity index (χ2v) is 9.06.